The van der Waals surface area contributed by atoms with E-state index in [-0.39, 0.29) is 5.91 Å². The molecule has 2 aliphatic rings. The van der Waals surface area contributed by atoms with Crippen LogP contribution in [0, 0.1) is 0 Å². The molecule has 1 amide bonds. The van der Waals surface area contributed by atoms with Gasteiger partial charge in [0.05, 0.1) is 10.5 Å². The molecule has 0 spiro atoms. The standard InChI is InChI=1S/C14H21N3O2S/c15-14(3-7-19-8-4-14)13(18)17-6-1-2-11(10-17)12-16-5-9-20-12/h5,9,11H,1-4,6-8,10,15H2. The summed E-state index contributed by atoms with van der Waals surface area (Å²) in [5.41, 5.74) is 5.59. The summed E-state index contributed by atoms with van der Waals surface area (Å²) in [6.07, 6.45) is 5.23. The Balaban J connectivity index is 1.68. The van der Waals surface area contributed by atoms with Gasteiger partial charge < -0.3 is 15.4 Å². The van der Waals surface area contributed by atoms with Crippen LogP contribution in [0.15, 0.2) is 11.6 Å². The molecule has 110 valence electrons. The first-order valence-corrected chi connectivity index (χ1v) is 8.12. The van der Waals surface area contributed by atoms with E-state index in [2.05, 4.69) is 4.98 Å². The van der Waals surface area contributed by atoms with Gasteiger partial charge in [0.25, 0.3) is 0 Å². The van der Waals surface area contributed by atoms with Crippen molar-refractivity contribution in [1.82, 2.24) is 9.88 Å². The largest absolute Gasteiger partial charge is 0.381 e. The first-order chi connectivity index (χ1) is 9.69. The molecular formula is C14H21N3O2S. The van der Waals surface area contributed by atoms with Gasteiger partial charge in [0.2, 0.25) is 5.91 Å². The fourth-order valence-corrected chi connectivity index (χ4v) is 3.83. The maximum atomic E-state index is 12.7. The average Bonchev–Trinajstić information content (AvgIpc) is 3.02. The van der Waals surface area contributed by atoms with E-state index in [4.69, 9.17) is 10.5 Å². The summed E-state index contributed by atoms with van der Waals surface area (Å²) >= 11 is 1.68. The second-order valence-electron chi connectivity index (χ2n) is 5.73. The van der Waals surface area contributed by atoms with Crippen molar-refractivity contribution < 1.29 is 9.53 Å². The summed E-state index contributed by atoms with van der Waals surface area (Å²) in [7, 11) is 0. The van der Waals surface area contributed by atoms with E-state index in [0.29, 0.717) is 32.0 Å². The lowest BCUT2D eigenvalue weighted by atomic mass is 9.88. The molecule has 1 aromatic heterocycles. The van der Waals surface area contributed by atoms with Gasteiger partial charge in [-0.05, 0) is 25.7 Å². The van der Waals surface area contributed by atoms with E-state index in [1.54, 1.807) is 11.3 Å². The minimum atomic E-state index is -0.719. The van der Waals surface area contributed by atoms with Crippen LogP contribution in [-0.2, 0) is 9.53 Å². The number of hydrogen-bond acceptors (Lipinski definition) is 5. The molecule has 0 aliphatic carbocycles. The maximum absolute atomic E-state index is 12.7. The summed E-state index contributed by atoms with van der Waals surface area (Å²) in [6, 6.07) is 0. The molecule has 2 fully saturated rings. The lowest BCUT2D eigenvalue weighted by Crippen LogP contribution is -2.59. The normalized spacial score (nSPS) is 26.4. The Bertz CT molecular complexity index is 457. The Labute approximate surface area is 123 Å². The molecule has 2 aliphatic heterocycles. The predicted octanol–water partition coefficient (Wildman–Crippen LogP) is 1.36. The highest BCUT2D eigenvalue weighted by atomic mass is 32.1. The third-order valence-electron chi connectivity index (χ3n) is 4.32. The predicted molar refractivity (Wildman–Crippen MR) is 77.6 cm³/mol. The molecule has 2 N–H and O–H groups in total. The third-order valence-corrected chi connectivity index (χ3v) is 5.26. The zero-order valence-electron chi connectivity index (χ0n) is 11.6. The fraction of sp³-hybridized carbons (Fsp3) is 0.714. The van der Waals surface area contributed by atoms with E-state index in [0.717, 1.165) is 30.9 Å². The van der Waals surface area contributed by atoms with Gasteiger partial charge in [0.15, 0.2) is 0 Å². The highest BCUT2D eigenvalue weighted by Crippen LogP contribution is 2.30. The fourth-order valence-electron chi connectivity index (χ4n) is 3.06. The van der Waals surface area contributed by atoms with Crippen LogP contribution < -0.4 is 5.73 Å². The number of nitrogens with two attached hydrogens (primary N) is 1. The first kappa shape index (κ1) is 14.0. The Morgan fingerprint density at radius 3 is 3.00 bits per heavy atom. The monoisotopic (exact) mass is 295 g/mol. The second kappa shape index (κ2) is 5.79. The summed E-state index contributed by atoms with van der Waals surface area (Å²) in [5.74, 6) is 0.471. The molecule has 3 heterocycles. The number of amides is 1. The van der Waals surface area contributed by atoms with Crippen LogP contribution in [0.3, 0.4) is 0 Å². The molecule has 1 atom stereocenters. The zero-order valence-corrected chi connectivity index (χ0v) is 12.4. The molecule has 0 bridgehead atoms. The quantitative estimate of drug-likeness (QED) is 0.894. The number of hydrogen-bond donors (Lipinski definition) is 1. The van der Waals surface area contributed by atoms with Gasteiger partial charge in [-0.25, -0.2) is 4.98 Å². The van der Waals surface area contributed by atoms with Gasteiger partial charge in [-0.15, -0.1) is 11.3 Å². The van der Waals surface area contributed by atoms with E-state index in [1.165, 1.54) is 0 Å². The van der Waals surface area contributed by atoms with E-state index in [9.17, 15) is 4.79 Å². The van der Waals surface area contributed by atoms with Crippen molar-refractivity contribution in [2.45, 2.75) is 37.1 Å². The molecule has 3 rings (SSSR count). The number of rotatable bonds is 2. The van der Waals surface area contributed by atoms with Crippen molar-refractivity contribution in [3.8, 4) is 0 Å². The van der Waals surface area contributed by atoms with Crippen molar-refractivity contribution in [2.75, 3.05) is 26.3 Å². The minimum absolute atomic E-state index is 0.0991. The molecule has 1 unspecified atom stereocenters. The number of thiazole rings is 1. The zero-order chi connectivity index (χ0) is 14.0. The van der Waals surface area contributed by atoms with Crippen molar-refractivity contribution in [3.63, 3.8) is 0 Å². The number of ether oxygens (including phenoxy) is 1. The average molecular weight is 295 g/mol. The minimum Gasteiger partial charge on any atom is -0.381 e. The topological polar surface area (TPSA) is 68.5 Å². The number of carbonyl (C=O) groups is 1. The highest BCUT2D eigenvalue weighted by molar-refractivity contribution is 7.09. The summed E-state index contributed by atoms with van der Waals surface area (Å²) in [5, 5.41) is 3.14. The Kier molecular flexibility index (Phi) is 4.05. The molecule has 0 aromatic carbocycles. The summed E-state index contributed by atoms with van der Waals surface area (Å²) < 4.78 is 5.32. The lowest BCUT2D eigenvalue weighted by molar-refractivity contribution is -0.141. The van der Waals surface area contributed by atoms with Gasteiger partial charge in [0, 0.05) is 43.8 Å². The number of carbonyl (C=O) groups excluding carboxylic acids is 1. The lowest BCUT2D eigenvalue weighted by Gasteiger charge is -2.40. The Morgan fingerprint density at radius 2 is 2.30 bits per heavy atom. The Hall–Kier alpha value is -0.980. The molecule has 5 nitrogen and oxygen atoms in total. The molecule has 0 radical (unpaired) electrons. The maximum Gasteiger partial charge on any atom is 0.242 e. The SMILES string of the molecule is NC1(C(=O)N2CCCC(c3nccs3)C2)CCOCC1. The van der Waals surface area contributed by atoms with E-state index < -0.39 is 5.54 Å². The first-order valence-electron chi connectivity index (χ1n) is 7.24. The molecule has 1 aromatic rings. The van der Waals surface area contributed by atoms with Gasteiger partial charge in [-0.3, -0.25) is 4.79 Å². The van der Waals surface area contributed by atoms with Crippen LogP contribution in [0.2, 0.25) is 0 Å². The van der Waals surface area contributed by atoms with Crippen molar-refractivity contribution in [3.05, 3.63) is 16.6 Å². The second-order valence-corrected chi connectivity index (χ2v) is 6.66. The van der Waals surface area contributed by atoms with Crippen LogP contribution in [0.5, 0.6) is 0 Å². The van der Waals surface area contributed by atoms with Crippen molar-refractivity contribution >= 4 is 17.2 Å². The smallest absolute Gasteiger partial charge is 0.242 e. The number of aromatic nitrogens is 1. The molecule has 6 heteroatoms. The number of piperidine rings is 1. The van der Waals surface area contributed by atoms with Crippen LogP contribution in [0.1, 0.15) is 36.6 Å². The number of likely N-dealkylation sites (tertiary alicyclic amines) is 1. The van der Waals surface area contributed by atoms with Crippen LogP contribution in [0.25, 0.3) is 0 Å². The van der Waals surface area contributed by atoms with Gasteiger partial charge in [0.1, 0.15) is 0 Å². The van der Waals surface area contributed by atoms with E-state index in [1.807, 2.05) is 16.5 Å². The van der Waals surface area contributed by atoms with Gasteiger partial charge >= 0.3 is 0 Å². The number of nitrogens with zero attached hydrogens (tertiary/aromatic N) is 2. The third kappa shape index (κ3) is 2.73. The van der Waals surface area contributed by atoms with Gasteiger partial charge in [-0.1, -0.05) is 0 Å². The molecule has 0 saturated carbocycles. The summed E-state index contributed by atoms with van der Waals surface area (Å²) in [4.78, 5) is 19.1. The van der Waals surface area contributed by atoms with Crippen molar-refractivity contribution in [2.24, 2.45) is 5.73 Å². The molecular weight excluding hydrogens is 274 g/mol. The molecule has 2 saturated heterocycles. The van der Waals surface area contributed by atoms with Gasteiger partial charge in [-0.2, -0.15) is 0 Å². The highest BCUT2D eigenvalue weighted by Gasteiger charge is 2.40. The van der Waals surface area contributed by atoms with Crippen LogP contribution in [-0.4, -0.2) is 47.6 Å². The van der Waals surface area contributed by atoms with E-state index >= 15 is 0 Å². The Morgan fingerprint density at radius 1 is 1.50 bits per heavy atom. The van der Waals surface area contributed by atoms with Crippen molar-refractivity contribution in [1.29, 1.82) is 0 Å². The molecule has 20 heavy (non-hydrogen) atoms. The van der Waals surface area contributed by atoms with Crippen LogP contribution in [0.4, 0.5) is 0 Å². The van der Waals surface area contributed by atoms with Crippen LogP contribution >= 0.6 is 11.3 Å². The summed E-state index contributed by atoms with van der Waals surface area (Å²) in [6.45, 7) is 2.75.